The molecule has 0 aliphatic rings. The highest BCUT2D eigenvalue weighted by atomic mass is 16.5. The van der Waals surface area contributed by atoms with Crippen LogP contribution in [0.15, 0.2) is 54.6 Å². The number of rotatable bonds is 6. The van der Waals surface area contributed by atoms with E-state index in [1.54, 1.807) is 0 Å². The molecule has 0 amide bonds. The van der Waals surface area contributed by atoms with E-state index in [0.29, 0.717) is 12.5 Å². The Morgan fingerprint density at radius 1 is 1.11 bits per heavy atom. The molecular formula is C16H18N2O. The fourth-order valence-corrected chi connectivity index (χ4v) is 1.66. The number of anilines is 1. The van der Waals surface area contributed by atoms with Gasteiger partial charge in [-0.1, -0.05) is 42.5 Å². The van der Waals surface area contributed by atoms with Crippen molar-refractivity contribution in [1.29, 1.82) is 0 Å². The maximum atomic E-state index is 5.58. The molecule has 3 heteroatoms. The minimum absolute atomic E-state index is 0.511. The van der Waals surface area contributed by atoms with E-state index in [2.05, 4.69) is 22.4 Å². The van der Waals surface area contributed by atoms with Crippen LogP contribution in [0.25, 0.3) is 6.08 Å². The van der Waals surface area contributed by atoms with Gasteiger partial charge in [0.2, 0.25) is 5.88 Å². The van der Waals surface area contributed by atoms with E-state index >= 15 is 0 Å². The Hall–Kier alpha value is -2.29. The summed E-state index contributed by atoms with van der Waals surface area (Å²) < 4.78 is 5.58. The second-order valence-corrected chi connectivity index (χ2v) is 4.02. The number of pyridine rings is 1. The third kappa shape index (κ3) is 4.47. The second kappa shape index (κ2) is 7.21. The van der Waals surface area contributed by atoms with Crippen molar-refractivity contribution in [2.75, 3.05) is 18.5 Å². The normalized spacial score (nSPS) is 10.6. The van der Waals surface area contributed by atoms with Crippen LogP contribution in [0, 0.1) is 0 Å². The molecule has 0 unspecified atom stereocenters. The lowest BCUT2D eigenvalue weighted by Gasteiger charge is -2.05. The van der Waals surface area contributed by atoms with Crippen molar-refractivity contribution in [2.24, 2.45) is 0 Å². The molecule has 2 rings (SSSR count). The summed E-state index contributed by atoms with van der Waals surface area (Å²) >= 11 is 0. The van der Waals surface area contributed by atoms with Gasteiger partial charge in [0.05, 0.1) is 0 Å². The molecule has 0 aliphatic carbocycles. The zero-order valence-corrected chi connectivity index (χ0v) is 11.0. The van der Waals surface area contributed by atoms with Gasteiger partial charge >= 0.3 is 0 Å². The van der Waals surface area contributed by atoms with Crippen LogP contribution in [-0.4, -0.2) is 18.1 Å². The zero-order valence-electron chi connectivity index (χ0n) is 11.0. The molecule has 0 atom stereocenters. The lowest BCUT2D eigenvalue weighted by Crippen LogP contribution is -2.01. The summed E-state index contributed by atoms with van der Waals surface area (Å²) in [6.07, 6.45) is 4.02. The van der Waals surface area contributed by atoms with Gasteiger partial charge in [-0.2, -0.15) is 4.98 Å². The van der Waals surface area contributed by atoms with Crippen LogP contribution in [0.4, 0.5) is 5.82 Å². The molecule has 0 saturated carbocycles. The summed E-state index contributed by atoms with van der Waals surface area (Å²) in [6.45, 7) is 3.40. The predicted molar refractivity (Wildman–Crippen MR) is 79.4 cm³/mol. The maximum absolute atomic E-state index is 5.58. The lowest BCUT2D eigenvalue weighted by molar-refractivity contribution is 0.349. The molecule has 0 fully saturated rings. The number of hydrogen-bond acceptors (Lipinski definition) is 3. The quantitative estimate of drug-likeness (QED) is 0.855. The van der Waals surface area contributed by atoms with E-state index < -0.39 is 0 Å². The first-order valence-electron chi connectivity index (χ1n) is 6.44. The fourth-order valence-electron chi connectivity index (χ4n) is 1.66. The van der Waals surface area contributed by atoms with Crippen LogP contribution < -0.4 is 10.1 Å². The first-order chi connectivity index (χ1) is 9.38. The minimum atomic E-state index is 0.511. The number of nitrogens with zero attached hydrogens (tertiary/aromatic N) is 1. The Kier molecular flexibility index (Phi) is 4.99. The van der Waals surface area contributed by atoms with Gasteiger partial charge < -0.3 is 10.1 Å². The van der Waals surface area contributed by atoms with E-state index in [1.165, 1.54) is 5.56 Å². The first kappa shape index (κ1) is 13.1. The molecule has 0 saturated heterocycles. The minimum Gasteiger partial charge on any atom is -0.473 e. The van der Waals surface area contributed by atoms with Gasteiger partial charge in [-0.15, -0.1) is 0 Å². The van der Waals surface area contributed by atoms with E-state index in [9.17, 15) is 0 Å². The van der Waals surface area contributed by atoms with E-state index in [-0.39, 0.29) is 0 Å². The average Bonchev–Trinajstić information content (AvgIpc) is 2.46. The molecule has 1 aromatic carbocycles. The van der Waals surface area contributed by atoms with E-state index in [1.807, 2.05) is 55.5 Å². The molecule has 1 aromatic heterocycles. The first-order valence-corrected chi connectivity index (χ1v) is 6.44. The Morgan fingerprint density at radius 3 is 2.74 bits per heavy atom. The van der Waals surface area contributed by atoms with Gasteiger partial charge in [0.1, 0.15) is 12.4 Å². The third-order valence-corrected chi connectivity index (χ3v) is 2.52. The highest BCUT2D eigenvalue weighted by Gasteiger charge is 1.95. The maximum Gasteiger partial charge on any atom is 0.215 e. The van der Waals surface area contributed by atoms with Crippen LogP contribution >= 0.6 is 0 Å². The fraction of sp³-hybridized carbons (Fsp3) is 0.188. The lowest BCUT2D eigenvalue weighted by atomic mass is 10.2. The molecule has 1 N–H and O–H groups in total. The van der Waals surface area contributed by atoms with Crippen LogP contribution in [0.1, 0.15) is 12.5 Å². The zero-order chi connectivity index (χ0) is 13.3. The Balaban J connectivity index is 1.85. The summed E-state index contributed by atoms with van der Waals surface area (Å²) in [5, 5.41) is 3.16. The summed E-state index contributed by atoms with van der Waals surface area (Å²) in [7, 11) is 0. The molecule has 19 heavy (non-hydrogen) atoms. The van der Waals surface area contributed by atoms with Crippen LogP contribution in [-0.2, 0) is 0 Å². The molecule has 0 spiro atoms. The van der Waals surface area contributed by atoms with Crippen LogP contribution in [0.2, 0.25) is 0 Å². The number of aromatic nitrogens is 1. The number of benzene rings is 1. The van der Waals surface area contributed by atoms with E-state index in [0.717, 1.165) is 12.4 Å². The van der Waals surface area contributed by atoms with Crippen molar-refractivity contribution in [3.05, 3.63) is 60.2 Å². The Bertz CT molecular complexity index is 523. The van der Waals surface area contributed by atoms with Gasteiger partial charge in [-0.25, -0.2) is 0 Å². The molecular weight excluding hydrogens is 236 g/mol. The highest BCUT2D eigenvalue weighted by molar-refractivity contribution is 5.48. The van der Waals surface area contributed by atoms with Crippen molar-refractivity contribution < 1.29 is 4.74 Å². The molecule has 0 bridgehead atoms. The molecule has 3 nitrogen and oxygen atoms in total. The molecule has 1 heterocycles. The highest BCUT2D eigenvalue weighted by Crippen LogP contribution is 2.11. The van der Waals surface area contributed by atoms with Gasteiger partial charge in [0, 0.05) is 12.6 Å². The van der Waals surface area contributed by atoms with Crippen molar-refractivity contribution >= 4 is 11.9 Å². The summed E-state index contributed by atoms with van der Waals surface area (Å²) in [5.74, 6) is 1.48. The predicted octanol–water partition coefficient (Wildman–Crippen LogP) is 3.61. The summed E-state index contributed by atoms with van der Waals surface area (Å²) in [4.78, 5) is 4.34. The van der Waals surface area contributed by atoms with Gasteiger partial charge in [0.15, 0.2) is 0 Å². The Morgan fingerprint density at radius 2 is 1.95 bits per heavy atom. The van der Waals surface area contributed by atoms with Crippen molar-refractivity contribution in [3.8, 4) is 5.88 Å². The smallest absolute Gasteiger partial charge is 0.215 e. The number of hydrogen-bond donors (Lipinski definition) is 1. The van der Waals surface area contributed by atoms with Gasteiger partial charge in [0.25, 0.3) is 0 Å². The molecule has 0 aliphatic heterocycles. The second-order valence-electron chi connectivity index (χ2n) is 4.02. The molecule has 98 valence electrons. The van der Waals surface area contributed by atoms with Crippen LogP contribution in [0.3, 0.4) is 0 Å². The third-order valence-electron chi connectivity index (χ3n) is 2.52. The SMILES string of the molecule is CCNc1cccc(OC/C=C/c2ccccc2)n1. The largest absolute Gasteiger partial charge is 0.473 e. The van der Waals surface area contributed by atoms with Crippen molar-refractivity contribution in [2.45, 2.75) is 6.92 Å². The summed E-state index contributed by atoms with van der Waals surface area (Å²) in [6, 6.07) is 15.9. The Labute approximate surface area is 114 Å². The standard InChI is InChI=1S/C16H18N2O/c1-2-17-15-11-6-12-16(18-15)19-13-7-10-14-8-4-3-5-9-14/h3-12H,2,13H2,1H3,(H,17,18)/b10-7+. The topological polar surface area (TPSA) is 34.1 Å². The summed E-state index contributed by atoms with van der Waals surface area (Å²) in [5.41, 5.74) is 1.17. The number of ether oxygens (including phenoxy) is 1. The molecule has 0 radical (unpaired) electrons. The van der Waals surface area contributed by atoms with Gasteiger partial charge in [-0.05, 0) is 24.6 Å². The van der Waals surface area contributed by atoms with E-state index in [4.69, 9.17) is 4.74 Å². The van der Waals surface area contributed by atoms with Crippen molar-refractivity contribution in [3.63, 3.8) is 0 Å². The average molecular weight is 254 g/mol. The van der Waals surface area contributed by atoms with Gasteiger partial charge in [-0.3, -0.25) is 0 Å². The van der Waals surface area contributed by atoms with Crippen LogP contribution in [0.5, 0.6) is 5.88 Å². The monoisotopic (exact) mass is 254 g/mol. The molecule has 2 aromatic rings. The number of nitrogens with one attached hydrogen (secondary N) is 1. The van der Waals surface area contributed by atoms with Crippen molar-refractivity contribution in [1.82, 2.24) is 4.98 Å².